The predicted molar refractivity (Wildman–Crippen MR) is 42.1 cm³/mol. The van der Waals surface area contributed by atoms with Crippen LogP contribution in [0.5, 0.6) is 0 Å². The highest BCUT2D eigenvalue weighted by atomic mass is 32.1. The molecule has 5 heteroatoms. The Kier molecular flexibility index (Phi) is 2.82. The van der Waals surface area contributed by atoms with E-state index < -0.39 is 12.1 Å². The van der Waals surface area contributed by atoms with E-state index in [2.05, 4.69) is 9.47 Å². The van der Waals surface area contributed by atoms with Crippen LogP contribution in [0.3, 0.4) is 0 Å². The highest BCUT2D eigenvalue weighted by Crippen LogP contribution is 2.09. The van der Waals surface area contributed by atoms with E-state index in [1.54, 1.807) is 17.5 Å². The topological polar surface area (TPSA) is 52.6 Å². The van der Waals surface area contributed by atoms with E-state index in [1.165, 1.54) is 11.3 Å². The lowest BCUT2D eigenvalue weighted by Gasteiger charge is -1.97. The molecule has 0 saturated heterocycles. The van der Waals surface area contributed by atoms with E-state index in [1.807, 2.05) is 0 Å². The van der Waals surface area contributed by atoms with Gasteiger partial charge in [-0.2, -0.15) is 0 Å². The van der Waals surface area contributed by atoms with Crippen molar-refractivity contribution in [3.8, 4) is 0 Å². The molecule has 0 fully saturated rings. The van der Waals surface area contributed by atoms with Crippen molar-refractivity contribution in [3.05, 3.63) is 22.4 Å². The molecule has 0 atom stereocenters. The van der Waals surface area contributed by atoms with Gasteiger partial charge in [-0.1, -0.05) is 6.07 Å². The molecule has 0 radical (unpaired) electrons. The highest BCUT2D eigenvalue weighted by molar-refractivity contribution is 7.12. The number of ether oxygens (including phenoxy) is 2. The molecule has 0 N–H and O–H groups in total. The molecule has 1 rings (SSSR count). The zero-order valence-electron chi connectivity index (χ0n) is 6.27. The number of carbonyl (C=O) groups excluding carboxylic acids is 2. The van der Waals surface area contributed by atoms with Crippen LogP contribution in [0.2, 0.25) is 0 Å². The second-order valence-corrected chi connectivity index (χ2v) is 2.77. The predicted octanol–water partition coefficient (Wildman–Crippen LogP) is 1.67. The van der Waals surface area contributed by atoms with Gasteiger partial charge in [0.15, 0.2) is 0 Å². The maximum atomic E-state index is 11.0. The smallest absolute Gasteiger partial charge is 0.437 e. The monoisotopic (exact) mass is 186 g/mol. The highest BCUT2D eigenvalue weighted by Gasteiger charge is 2.12. The minimum Gasteiger partial charge on any atom is -0.437 e. The Labute approximate surface area is 72.7 Å². The van der Waals surface area contributed by atoms with Crippen LogP contribution in [-0.2, 0) is 9.47 Å². The molecule has 0 unspecified atom stereocenters. The van der Waals surface area contributed by atoms with Crippen molar-refractivity contribution in [2.24, 2.45) is 0 Å². The SMILES string of the molecule is COC(=O)OC(=O)c1cccs1. The molecule has 0 aliphatic heterocycles. The van der Waals surface area contributed by atoms with Gasteiger partial charge in [-0.25, -0.2) is 9.59 Å². The zero-order chi connectivity index (χ0) is 8.97. The molecule has 4 nitrogen and oxygen atoms in total. The second-order valence-electron chi connectivity index (χ2n) is 1.82. The van der Waals surface area contributed by atoms with Crippen LogP contribution in [0.25, 0.3) is 0 Å². The molecule has 0 aromatic carbocycles. The lowest BCUT2D eigenvalue weighted by atomic mass is 10.5. The van der Waals surface area contributed by atoms with Gasteiger partial charge in [0.1, 0.15) is 4.88 Å². The fraction of sp³-hybridized carbons (Fsp3) is 0.143. The van der Waals surface area contributed by atoms with Crippen molar-refractivity contribution in [3.63, 3.8) is 0 Å². The summed E-state index contributed by atoms with van der Waals surface area (Å²) in [6.07, 6.45) is -0.992. The van der Waals surface area contributed by atoms with Crippen molar-refractivity contribution in [1.29, 1.82) is 0 Å². The van der Waals surface area contributed by atoms with Crippen molar-refractivity contribution >= 4 is 23.5 Å². The second kappa shape index (κ2) is 3.87. The number of esters is 1. The van der Waals surface area contributed by atoms with E-state index in [0.29, 0.717) is 4.88 Å². The Morgan fingerprint density at radius 2 is 2.25 bits per heavy atom. The molecule has 1 aromatic heterocycles. The minimum absolute atomic E-state index is 0.375. The van der Waals surface area contributed by atoms with Gasteiger partial charge in [0.2, 0.25) is 0 Å². The number of hydrogen-bond acceptors (Lipinski definition) is 5. The fourth-order valence-electron chi connectivity index (χ4n) is 0.562. The fourth-order valence-corrected chi connectivity index (χ4v) is 1.16. The third-order valence-corrected chi connectivity index (χ3v) is 1.91. The van der Waals surface area contributed by atoms with Gasteiger partial charge in [0, 0.05) is 0 Å². The molecular formula is C7H6O4S. The van der Waals surface area contributed by atoms with E-state index in [9.17, 15) is 9.59 Å². The molecule has 0 amide bonds. The van der Waals surface area contributed by atoms with Crippen LogP contribution in [0.1, 0.15) is 9.67 Å². The van der Waals surface area contributed by atoms with E-state index in [0.717, 1.165) is 7.11 Å². The first-order valence-electron chi connectivity index (χ1n) is 3.07. The quantitative estimate of drug-likeness (QED) is 0.494. The van der Waals surface area contributed by atoms with Crippen molar-refractivity contribution in [2.75, 3.05) is 7.11 Å². The van der Waals surface area contributed by atoms with Gasteiger partial charge in [-0.05, 0) is 11.4 Å². The largest absolute Gasteiger partial charge is 0.516 e. The van der Waals surface area contributed by atoms with Crippen molar-refractivity contribution in [2.45, 2.75) is 0 Å². The number of thiophene rings is 1. The Balaban J connectivity index is 2.56. The molecule has 0 spiro atoms. The number of methoxy groups -OCH3 is 1. The lowest BCUT2D eigenvalue weighted by Crippen LogP contribution is -2.10. The number of rotatable bonds is 1. The maximum Gasteiger partial charge on any atom is 0.516 e. The summed E-state index contributed by atoms with van der Waals surface area (Å²) in [7, 11) is 1.14. The zero-order valence-corrected chi connectivity index (χ0v) is 7.09. The summed E-state index contributed by atoms with van der Waals surface area (Å²) in [5.41, 5.74) is 0. The molecule has 64 valence electrons. The van der Waals surface area contributed by atoms with Gasteiger partial charge in [0.05, 0.1) is 7.11 Å². The molecule has 0 aliphatic carbocycles. The third kappa shape index (κ3) is 2.06. The Hall–Kier alpha value is -1.36. The first-order chi connectivity index (χ1) is 5.74. The van der Waals surface area contributed by atoms with E-state index >= 15 is 0 Å². The van der Waals surface area contributed by atoms with Crippen LogP contribution >= 0.6 is 11.3 Å². The van der Waals surface area contributed by atoms with Gasteiger partial charge < -0.3 is 9.47 Å². The number of hydrogen-bond donors (Lipinski definition) is 0. The van der Waals surface area contributed by atoms with Gasteiger partial charge in [-0.3, -0.25) is 0 Å². The molecule has 0 aliphatic rings. The summed E-state index contributed by atoms with van der Waals surface area (Å²) in [5, 5.41) is 1.72. The molecule has 1 aromatic rings. The van der Waals surface area contributed by atoms with Crippen LogP contribution in [0.4, 0.5) is 4.79 Å². The van der Waals surface area contributed by atoms with Crippen LogP contribution in [-0.4, -0.2) is 19.2 Å². The average molecular weight is 186 g/mol. The lowest BCUT2D eigenvalue weighted by molar-refractivity contribution is 0.0456. The summed E-state index contributed by atoms with van der Waals surface area (Å²) in [6, 6.07) is 3.26. The molecular weight excluding hydrogens is 180 g/mol. The van der Waals surface area contributed by atoms with Gasteiger partial charge in [0.25, 0.3) is 0 Å². The summed E-state index contributed by atoms with van der Waals surface area (Å²) >= 11 is 1.20. The first-order valence-corrected chi connectivity index (χ1v) is 3.95. The summed E-state index contributed by atoms with van der Waals surface area (Å²) in [4.78, 5) is 21.8. The standard InChI is InChI=1S/C7H6O4S/c1-10-7(9)11-6(8)5-3-2-4-12-5/h2-4H,1H3. The number of carbonyl (C=O) groups is 2. The van der Waals surface area contributed by atoms with Gasteiger partial charge in [-0.15, -0.1) is 11.3 Å². The summed E-state index contributed by atoms with van der Waals surface area (Å²) in [6.45, 7) is 0. The molecule has 12 heavy (non-hydrogen) atoms. The van der Waals surface area contributed by atoms with Crippen molar-refractivity contribution < 1.29 is 19.1 Å². The summed E-state index contributed by atoms with van der Waals surface area (Å²) in [5.74, 6) is -0.683. The summed E-state index contributed by atoms with van der Waals surface area (Å²) < 4.78 is 8.40. The van der Waals surface area contributed by atoms with E-state index in [-0.39, 0.29) is 0 Å². The average Bonchev–Trinajstić information content (AvgIpc) is 2.56. The van der Waals surface area contributed by atoms with Crippen LogP contribution in [0, 0.1) is 0 Å². The Morgan fingerprint density at radius 1 is 1.50 bits per heavy atom. The Morgan fingerprint density at radius 3 is 2.75 bits per heavy atom. The van der Waals surface area contributed by atoms with Crippen LogP contribution < -0.4 is 0 Å². The van der Waals surface area contributed by atoms with Crippen molar-refractivity contribution in [1.82, 2.24) is 0 Å². The van der Waals surface area contributed by atoms with Gasteiger partial charge >= 0.3 is 12.1 Å². The van der Waals surface area contributed by atoms with E-state index in [4.69, 9.17) is 0 Å². The minimum atomic E-state index is -0.992. The third-order valence-electron chi connectivity index (χ3n) is 1.07. The maximum absolute atomic E-state index is 11.0. The first kappa shape index (κ1) is 8.73. The normalized spacial score (nSPS) is 9.08. The molecule has 1 heterocycles. The van der Waals surface area contributed by atoms with Crippen LogP contribution in [0.15, 0.2) is 17.5 Å². The molecule has 0 saturated carbocycles. The Bertz CT molecular complexity index is 278. The molecule has 0 bridgehead atoms.